The van der Waals surface area contributed by atoms with Gasteiger partial charge >= 0.3 is 6.03 Å². The Morgan fingerprint density at radius 1 is 1.03 bits per heavy atom. The number of benzene rings is 2. The minimum Gasteiger partial charge on any atom is -0.383 e. The number of hydrogen-bond donors (Lipinski definition) is 3. The highest BCUT2D eigenvalue weighted by molar-refractivity contribution is 6.04. The van der Waals surface area contributed by atoms with Gasteiger partial charge in [-0.2, -0.15) is 0 Å². The highest BCUT2D eigenvalue weighted by Crippen LogP contribution is 2.27. The molecule has 1 saturated heterocycles. The number of carbonyl (C=O) groups excluding carboxylic acids is 2. The van der Waals surface area contributed by atoms with Gasteiger partial charge < -0.3 is 25.6 Å². The average Bonchev–Trinajstić information content (AvgIpc) is 3.22. The zero-order valence-electron chi connectivity index (χ0n) is 17.0. The molecule has 0 radical (unpaired) electrons. The second-order valence-electron chi connectivity index (χ2n) is 7.12. The molecule has 2 aromatic rings. The number of aryl methyl sites for hydroxylation is 1. The van der Waals surface area contributed by atoms with Crippen molar-refractivity contribution in [3.8, 4) is 0 Å². The largest absolute Gasteiger partial charge is 0.383 e. The van der Waals surface area contributed by atoms with E-state index in [9.17, 15) is 9.59 Å². The molecular weight excluding hydrogens is 368 g/mol. The molecule has 2 aromatic carbocycles. The van der Waals surface area contributed by atoms with Gasteiger partial charge in [0.1, 0.15) is 0 Å². The van der Waals surface area contributed by atoms with Gasteiger partial charge in [0.2, 0.25) is 0 Å². The number of methoxy groups -OCH3 is 1. The topological polar surface area (TPSA) is 82.7 Å². The molecule has 7 nitrogen and oxygen atoms in total. The first-order chi connectivity index (χ1) is 14.1. The third-order valence-electron chi connectivity index (χ3n) is 4.81. The summed E-state index contributed by atoms with van der Waals surface area (Å²) >= 11 is 0. The third-order valence-corrected chi connectivity index (χ3v) is 4.81. The first kappa shape index (κ1) is 20.7. The SMILES string of the molecule is COCCNC(=O)c1cc(NC(=O)Nc2cccc(C)c2)ccc1N1CCCC1. The van der Waals surface area contributed by atoms with E-state index in [0.29, 0.717) is 30.1 Å². The van der Waals surface area contributed by atoms with Crippen LogP contribution in [0.15, 0.2) is 42.5 Å². The van der Waals surface area contributed by atoms with Crippen molar-refractivity contribution in [2.45, 2.75) is 19.8 Å². The Kier molecular flexibility index (Phi) is 7.08. The molecular formula is C22H28N4O3. The molecule has 1 fully saturated rings. The summed E-state index contributed by atoms with van der Waals surface area (Å²) in [5.74, 6) is -0.174. The molecule has 1 aliphatic heterocycles. The molecule has 0 unspecified atom stereocenters. The van der Waals surface area contributed by atoms with Crippen molar-refractivity contribution in [2.75, 3.05) is 48.9 Å². The van der Waals surface area contributed by atoms with Crippen molar-refractivity contribution >= 4 is 29.0 Å². The fourth-order valence-electron chi connectivity index (χ4n) is 3.41. The molecule has 0 spiro atoms. The molecule has 1 aliphatic rings. The van der Waals surface area contributed by atoms with Gasteiger partial charge in [-0.05, 0) is 55.7 Å². The molecule has 3 amide bonds. The van der Waals surface area contributed by atoms with Crippen molar-refractivity contribution < 1.29 is 14.3 Å². The monoisotopic (exact) mass is 396 g/mol. The predicted octanol–water partition coefficient (Wildman–Crippen LogP) is 3.62. The zero-order chi connectivity index (χ0) is 20.6. The van der Waals surface area contributed by atoms with Gasteiger partial charge in [0.05, 0.1) is 12.2 Å². The maximum atomic E-state index is 12.7. The Morgan fingerprint density at radius 3 is 2.45 bits per heavy atom. The van der Waals surface area contributed by atoms with Gasteiger partial charge in [-0.1, -0.05) is 12.1 Å². The van der Waals surface area contributed by atoms with Crippen molar-refractivity contribution in [1.29, 1.82) is 0 Å². The van der Waals surface area contributed by atoms with Crippen molar-refractivity contribution in [1.82, 2.24) is 5.32 Å². The molecule has 0 atom stereocenters. The molecule has 0 saturated carbocycles. The quantitative estimate of drug-likeness (QED) is 0.625. The van der Waals surface area contributed by atoms with Crippen LogP contribution < -0.4 is 20.9 Å². The molecule has 3 N–H and O–H groups in total. The van der Waals surface area contributed by atoms with E-state index < -0.39 is 0 Å². The van der Waals surface area contributed by atoms with E-state index in [1.54, 1.807) is 13.2 Å². The fraction of sp³-hybridized carbons (Fsp3) is 0.364. The summed E-state index contributed by atoms with van der Waals surface area (Å²) in [6.07, 6.45) is 2.23. The number of anilines is 3. The highest BCUT2D eigenvalue weighted by atomic mass is 16.5. The lowest BCUT2D eigenvalue weighted by Crippen LogP contribution is -2.30. The van der Waals surface area contributed by atoms with E-state index >= 15 is 0 Å². The first-order valence-corrected chi connectivity index (χ1v) is 9.87. The number of nitrogens with one attached hydrogen (secondary N) is 3. The lowest BCUT2D eigenvalue weighted by molar-refractivity contribution is 0.0937. The van der Waals surface area contributed by atoms with Gasteiger partial charge in [0.25, 0.3) is 5.91 Å². The third kappa shape index (κ3) is 5.71. The fourth-order valence-corrected chi connectivity index (χ4v) is 3.41. The minimum atomic E-state index is -0.352. The first-order valence-electron chi connectivity index (χ1n) is 9.87. The summed E-state index contributed by atoms with van der Waals surface area (Å²) < 4.78 is 5.01. The standard InChI is InChI=1S/C22H28N4O3/c1-16-6-5-7-17(14-16)24-22(28)25-18-8-9-20(26-11-3-4-12-26)19(15-18)21(27)23-10-13-29-2/h5-9,14-15H,3-4,10-13H2,1-2H3,(H,23,27)(H2,24,25,28). The van der Waals surface area contributed by atoms with E-state index in [-0.39, 0.29) is 11.9 Å². The van der Waals surface area contributed by atoms with E-state index in [2.05, 4.69) is 20.9 Å². The van der Waals surface area contributed by atoms with Gasteiger partial charge in [0.15, 0.2) is 0 Å². The molecule has 0 bridgehead atoms. The number of hydrogen-bond acceptors (Lipinski definition) is 4. The number of urea groups is 1. The van der Waals surface area contributed by atoms with Crippen LogP contribution in [-0.4, -0.2) is 45.3 Å². The van der Waals surface area contributed by atoms with Crippen LogP contribution in [0.2, 0.25) is 0 Å². The summed E-state index contributed by atoms with van der Waals surface area (Å²) in [6.45, 7) is 4.70. The zero-order valence-corrected chi connectivity index (χ0v) is 17.0. The molecule has 7 heteroatoms. The van der Waals surface area contributed by atoms with Gasteiger partial charge in [-0.15, -0.1) is 0 Å². The number of amides is 3. The Bertz CT molecular complexity index is 863. The van der Waals surface area contributed by atoms with Gasteiger partial charge in [0, 0.05) is 43.8 Å². The Balaban J connectivity index is 1.75. The Hall–Kier alpha value is -3.06. The molecule has 0 aromatic heterocycles. The minimum absolute atomic E-state index is 0.174. The summed E-state index contributed by atoms with van der Waals surface area (Å²) in [4.78, 5) is 27.3. The highest BCUT2D eigenvalue weighted by Gasteiger charge is 2.20. The van der Waals surface area contributed by atoms with Crippen molar-refractivity contribution in [2.24, 2.45) is 0 Å². The van der Waals surface area contributed by atoms with Crippen molar-refractivity contribution in [3.63, 3.8) is 0 Å². The van der Waals surface area contributed by atoms with E-state index in [4.69, 9.17) is 4.74 Å². The molecule has 29 heavy (non-hydrogen) atoms. The summed E-state index contributed by atoms with van der Waals surface area (Å²) in [5, 5.41) is 8.50. The van der Waals surface area contributed by atoms with Crippen LogP contribution in [0.4, 0.5) is 21.9 Å². The molecule has 3 rings (SSSR count). The summed E-state index contributed by atoms with van der Waals surface area (Å²) in [5.41, 5.74) is 3.79. The van der Waals surface area contributed by atoms with E-state index in [1.165, 1.54) is 0 Å². The lowest BCUT2D eigenvalue weighted by Gasteiger charge is -2.22. The van der Waals surface area contributed by atoms with Crippen LogP contribution in [0.3, 0.4) is 0 Å². The maximum Gasteiger partial charge on any atom is 0.323 e. The van der Waals surface area contributed by atoms with E-state index in [0.717, 1.165) is 37.2 Å². The number of carbonyl (C=O) groups is 2. The van der Waals surface area contributed by atoms with E-state index in [1.807, 2.05) is 43.3 Å². The van der Waals surface area contributed by atoms with Crippen LogP contribution in [0.5, 0.6) is 0 Å². The summed E-state index contributed by atoms with van der Waals surface area (Å²) in [7, 11) is 1.60. The number of nitrogens with zero attached hydrogens (tertiary/aromatic N) is 1. The normalized spacial score (nSPS) is 13.2. The van der Waals surface area contributed by atoms with Crippen LogP contribution in [0, 0.1) is 6.92 Å². The average molecular weight is 396 g/mol. The van der Waals surface area contributed by atoms with Crippen LogP contribution in [0.1, 0.15) is 28.8 Å². The van der Waals surface area contributed by atoms with Crippen LogP contribution in [0.25, 0.3) is 0 Å². The molecule has 1 heterocycles. The number of ether oxygens (including phenoxy) is 1. The lowest BCUT2D eigenvalue weighted by atomic mass is 10.1. The van der Waals surface area contributed by atoms with Gasteiger partial charge in [-0.3, -0.25) is 4.79 Å². The Labute approximate surface area is 171 Å². The van der Waals surface area contributed by atoms with Gasteiger partial charge in [-0.25, -0.2) is 4.79 Å². The predicted molar refractivity (Wildman–Crippen MR) is 116 cm³/mol. The molecule has 0 aliphatic carbocycles. The second kappa shape index (κ2) is 9.93. The smallest absolute Gasteiger partial charge is 0.323 e. The maximum absolute atomic E-state index is 12.7. The van der Waals surface area contributed by atoms with Crippen molar-refractivity contribution in [3.05, 3.63) is 53.6 Å². The van der Waals surface area contributed by atoms with Crippen LogP contribution >= 0.6 is 0 Å². The number of rotatable bonds is 7. The second-order valence-corrected chi connectivity index (χ2v) is 7.12. The molecule has 154 valence electrons. The Morgan fingerprint density at radius 2 is 1.76 bits per heavy atom. The van der Waals surface area contributed by atoms with Crippen LogP contribution in [-0.2, 0) is 4.74 Å². The summed E-state index contributed by atoms with van der Waals surface area (Å²) in [6, 6.07) is 12.7.